The molecule has 98 valence electrons. The molecule has 2 unspecified atom stereocenters. The summed E-state index contributed by atoms with van der Waals surface area (Å²) in [7, 11) is 0. The van der Waals surface area contributed by atoms with Crippen LogP contribution in [0.3, 0.4) is 0 Å². The topological polar surface area (TPSA) is 66.6 Å². The van der Waals surface area contributed by atoms with E-state index >= 15 is 0 Å². The van der Waals surface area contributed by atoms with Crippen molar-refractivity contribution in [1.29, 1.82) is 0 Å². The predicted molar refractivity (Wildman–Crippen MR) is 73.0 cm³/mol. The number of rotatable bonds is 2. The average molecular weight is 248 g/mol. The highest BCUT2D eigenvalue weighted by Crippen LogP contribution is 2.28. The molecule has 0 amide bonds. The van der Waals surface area contributed by atoms with Gasteiger partial charge in [0.25, 0.3) is 0 Å². The van der Waals surface area contributed by atoms with Gasteiger partial charge in [-0.15, -0.1) is 0 Å². The van der Waals surface area contributed by atoms with E-state index in [2.05, 4.69) is 18.7 Å². The van der Waals surface area contributed by atoms with Gasteiger partial charge in [-0.3, -0.25) is 0 Å². The number of nitrogen functional groups attached to an aromatic ring is 1. The summed E-state index contributed by atoms with van der Waals surface area (Å²) in [6, 6.07) is 5.21. The third-order valence-electron chi connectivity index (χ3n) is 3.96. The summed E-state index contributed by atoms with van der Waals surface area (Å²) in [4.78, 5) is 13.2. The molecule has 1 heterocycles. The third kappa shape index (κ3) is 2.42. The second-order valence-corrected chi connectivity index (χ2v) is 5.27. The van der Waals surface area contributed by atoms with Crippen LogP contribution in [0.5, 0.6) is 0 Å². The first-order chi connectivity index (χ1) is 8.49. The molecule has 1 saturated heterocycles. The lowest BCUT2D eigenvalue weighted by Gasteiger charge is -2.37. The molecule has 0 spiro atoms. The molecule has 0 radical (unpaired) electrons. The fraction of sp³-hybridized carbons (Fsp3) is 0.500. The Morgan fingerprint density at radius 3 is 2.67 bits per heavy atom. The zero-order valence-corrected chi connectivity index (χ0v) is 10.9. The number of nitrogens with zero attached hydrogens (tertiary/aromatic N) is 1. The minimum absolute atomic E-state index is 0.178. The van der Waals surface area contributed by atoms with Gasteiger partial charge in [0.15, 0.2) is 0 Å². The quantitative estimate of drug-likeness (QED) is 0.789. The number of carboxylic acid groups (broad SMARTS) is 1. The van der Waals surface area contributed by atoms with E-state index < -0.39 is 5.97 Å². The van der Waals surface area contributed by atoms with Crippen LogP contribution < -0.4 is 10.6 Å². The van der Waals surface area contributed by atoms with Crippen LogP contribution in [-0.2, 0) is 0 Å². The van der Waals surface area contributed by atoms with Crippen LogP contribution >= 0.6 is 0 Å². The number of hydrogen-bond acceptors (Lipinski definition) is 3. The Balaban J connectivity index is 2.19. The standard InChI is InChI=1S/C14H20N2O2/c1-9-5-6-16(8-10(9)2)11-3-4-12(14(17)18)13(15)7-11/h3-4,7,9-10H,5-6,8,15H2,1-2H3,(H,17,18). The summed E-state index contributed by atoms with van der Waals surface area (Å²) in [5, 5.41) is 8.95. The number of piperidine rings is 1. The molecule has 3 N–H and O–H groups in total. The number of carbonyl (C=O) groups is 1. The highest BCUT2D eigenvalue weighted by Gasteiger charge is 2.23. The number of aromatic carboxylic acids is 1. The maximum absolute atomic E-state index is 10.9. The highest BCUT2D eigenvalue weighted by molar-refractivity contribution is 5.94. The van der Waals surface area contributed by atoms with Crippen molar-refractivity contribution in [2.75, 3.05) is 23.7 Å². The van der Waals surface area contributed by atoms with Gasteiger partial charge < -0.3 is 15.7 Å². The maximum atomic E-state index is 10.9. The van der Waals surface area contributed by atoms with E-state index in [0.717, 1.165) is 24.7 Å². The predicted octanol–water partition coefficient (Wildman–Crippen LogP) is 2.45. The SMILES string of the molecule is CC1CCN(c2ccc(C(=O)O)c(N)c2)CC1C. The lowest BCUT2D eigenvalue weighted by atomic mass is 9.88. The molecule has 0 aromatic heterocycles. The Hall–Kier alpha value is -1.71. The number of anilines is 2. The van der Waals surface area contributed by atoms with Crippen LogP contribution in [0, 0.1) is 11.8 Å². The summed E-state index contributed by atoms with van der Waals surface area (Å²) >= 11 is 0. The van der Waals surface area contributed by atoms with Crippen molar-refractivity contribution in [2.45, 2.75) is 20.3 Å². The molecule has 0 bridgehead atoms. The lowest BCUT2D eigenvalue weighted by molar-refractivity contribution is 0.0698. The molecule has 0 saturated carbocycles. The molecule has 1 aromatic rings. The molecule has 1 aliphatic rings. The fourth-order valence-electron chi connectivity index (χ4n) is 2.44. The van der Waals surface area contributed by atoms with Crippen LogP contribution in [0.15, 0.2) is 18.2 Å². The van der Waals surface area contributed by atoms with Crippen molar-refractivity contribution < 1.29 is 9.90 Å². The van der Waals surface area contributed by atoms with Crippen LogP contribution in [-0.4, -0.2) is 24.2 Å². The van der Waals surface area contributed by atoms with Gasteiger partial charge in [-0.25, -0.2) is 4.79 Å². The van der Waals surface area contributed by atoms with E-state index in [1.807, 2.05) is 6.07 Å². The van der Waals surface area contributed by atoms with Crippen molar-refractivity contribution in [3.63, 3.8) is 0 Å². The van der Waals surface area contributed by atoms with Crippen molar-refractivity contribution in [2.24, 2.45) is 11.8 Å². The molecule has 18 heavy (non-hydrogen) atoms. The molecule has 1 aliphatic heterocycles. The molecule has 4 heteroatoms. The molecular formula is C14H20N2O2. The van der Waals surface area contributed by atoms with Crippen molar-refractivity contribution in [1.82, 2.24) is 0 Å². The van der Waals surface area contributed by atoms with Crippen LogP contribution in [0.2, 0.25) is 0 Å². The van der Waals surface area contributed by atoms with E-state index in [9.17, 15) is 4.79 Å². The fourth-order valence-corrected chi connectivity index (χ4v) is 2.44. The first-order valence-corrected chi connectivity index (χ1v) is 6.37. The Kier molecular flexibility index (Phi) is 3.45. The van der Waals surface area contributed by atoms with Gasteiger partial charge in [0.05, 0.1) is 5.56 Å². The van der Waals surface area contributed by atoms with Gasteiger partial charge in [0.1, 0.15) is 0 Å². The molecule has 1 fully saturated rings. The zero-order valence-electron chi connectivity index (χ0n) is 10.9. The minimum Gasteiger partial charge on any atom is -0.478 e. The molecule has 2 rings (SSSR count). The van der Waals surface area contributed by atoms with Crippen LogP contribution in [0.4, 0.5) is 11.4 Å². The third-order valence-corrected chi connectivity index (χ3v) is 3.96. The van der Waals surface area contributed by atoms with Gasteiger partial charge in [-0.05, 0) is 36.5 Å². The molecule has 0 aliphatic carbocycles. The molecule has 4 nitrogen and oxygen atoms in total. The average Bonchev–Trinajstić information content (AvgIpc) is 2.32. The van der Waals surface area contributed by atoms with Crippen molar-refractivity contribution in [3.05, 3.63) is 23.8 Å². The Morgan fingerprint density at radius 1 is 1.39 bits per heavy atom. The monoisotopic (exact) mass is 248 g/mol. The summed E-state index contributed by atoms with van der Waals surface area (Å²) < 4.78 is 0. The van der Waals surface area contributed by atoms with E-state index in [1.165, 1.54) is 6.42 Å². The molecule has 1 aromatic carbocycles. The largest absolute Gasteiger partial charge is 0.478 e. The lowest BCUT2D eigenvalue weighted by Crippen LogP contribution is -2.38. The van der Waals surface area contributed by atoms with Gasteiger partial charge in [0, 0.05) is 24.5 Å². The Bertz CT molecular complexity index is 459. The van der Waals surface area contributed by atoms with Crippen LogP contribution in [0.25, 0.3) is 0 Å². The summed E-state index contributed by atoms with van der Waals surface area (Å²) in [5.41, 5.74) is 7.32. The maximum Gasteiger partial charge on any atom is 0.337 e. The summed E-state index contributed by atoms with van der Waals surface area (Å²) in [5.74, 6) is 0.427. The van der Waals surface area contributed by atoms with Crippen LogP contribution in [0.1, 0.15) is 30.6 Å². The van der Waals surface area contributed by atoms with E-state index in [-0.39, 0.29) is 5.56 Å². The summed E-state index contributed by atoms with van der Waals surface area (Å²) in [6.07, 6.45) is 1.17. The van der Waals surface area contributed by atoms with Gasteiger partial charge in [0.2, 0.25) is 0 Å². The van der Waals surface area contributed by atoms with E-state index in [1.54, 1.807) is 12.1 Å². The number of benzene rings is 1. The smallest absolute Gasteiger partial charge is 0.337 e. The van der Waals surface area contributed by atoms with Gasteiger partial charge in [-0.2, -0.15) is 0 Å². The zero-order chi connectivity index (χ0) is 13.3. The normalized spacial score (nSPS) is 24.0. The highest BCUT2D eigenvalue weighted by atomic mass is 16.4. The van der Waals surface area contributed by atoms with Crippen molar-refractivity contribution >= 4 is 17.3 Å². The molecular weight excluding hydrogens is 228 g/mol. The first-order valence-electron chi connectivity index (χ1n) is 6.37. The number of hydrogen-bond donors (Lipinski definition) is 2. The Morgan fingerprint density at radius 2 is 2.11 bits per heavy atom. The first kappa shape index (κ1) is 12.7. The summed E-state index contributed by atoms with van der Waals surface area (Å²) in [6.45, 7) is 6.56. The second kappa shape index (κ2) is 4.88. The molecule has 2 atom stereocenters. The van der Waals surface area contributed by atoms with E-state index in [0.29, 0.717) is 11.6 Å². The number of nitrogens with two attached hydrogens (primary N) is 1. The second-order valence-electron chi connectivity index (χ2n) is 5.27. The van der Waals surface area contributed by atoms with Gasteiger partial charge >= 0.3 is 5.97 Å². The van der Waals surface area contributed by atoms with Gasteiger partial charge in [-0.1, -0.05) is 13.8 Å². The minimum atomic E-state index is -0.973. The van der Waals surface area contributed by atoms with Crippen molar-refractivity contribution in [3.8, 4) is 0 Å². The Labute approximate surface area is 107 Å². The van der Waals surface area contributed by atoms with E-state index in [4.69, 9.17) is 10.8 Å². The number of carboxylic acids is 1.